The monoisotopic (exact) mass is 372 g/mol. The molecule has 0 fully saturated rings. The van der Waals surface area contributed by atoms with Crippen LogP contribution >= 0.6 is 0 Å². The Morgan fingerprint density at radius 3 is 2.61 bits per heavy atom. The molecule has 4 rings (SSSR count). The van der Waals surface area contributed by atoms with Gasteiger partial charge in [0, 0.05) is 12.2 Å². The molecule has 6 heteroatoms. The zero-order valence-electron chi connectivity index (χ0n) is 15.5. The van der Waals surface area contributed by atoms with Gasteiger partial charge in [-0.05, 0) is 42.0 Å². The summed E-state index contributed by atoms with van der Waals surface area (Å²) in [7, 11) is 0. The van der Waals surface area contributed by atoms with Crippen molar-refractivity contribution in [3.63, 3.8) is 0 Å². The molecule has 1 heterocycles. The fraction of sp³-hybridized carbons (Fsp3) is 0.136. The lowest BCUT2D eigenvalue weighted by molar-refractivity contribution is 0.211. The molecular weight excluding hydrogens is 352 g/mol. The first kappa shape index (κ1) is 17.7. The number of anilines is 1. The summed E-state index contributed by atoms with van der Waals surface area (Å²) in [4.78, 5) is 33.8. The molecule has 2 N–H and O–H groups in total. The summed E-state index contributed by atoms with van der Waals surface area (Å²) in [6.45, 7) is 2.59. The number of fused-ring (bicyclic) bond motifs is 2. The summed E-state index contributed by atoms with van der Waals surface area (Å²) in [6.07, 6.45) is 0. The Kier molecular flexibility index (Phi) is 4.76. The van der Waals surface area contributed by atoms with Gasteiger partial charge < -0.3 is 15.2 Å². The van der Waals surface area contributed by atoms with Gasteiger partial charge in [-0.3, -0.25) is 4.79 Å². The van der Waals surface area contributed by atoms with Crippen LogP contribution in [0, 0.1) is 0 Å². The Morgan fingerprint density at radius 2 is 1.79 bits per heavy atom. The van der Waals surface area contributed by atoms with Crippen LogP contribution in [0.3, 0.4) is 0 Å². The number of H-pyrrole nitrogens is 1. The topological polar surface area (TPSA) is 78.1 Å². The Labute approximate surface area is 161 Å². The first-order chi connectivity index (χ1) is 13.6. The fourth-order valence-corrected chi connectivity index (χ4v) is 3.19. The third-order valence-corrected chi connectivity index (χ3v) is 4.67. The SMILES string of the molecule is CCN(Cc1nc2ccccc2c(=O)[nH]1)C(=O)Nc1ccc2ccccc2c1. The molecule has 140 valence electrons. The summed E-state index contributed by atoms with van der Waals surface area (Å²) in [5.74, 6) is 0.458. The van der Waals surface area contributed by atoms with Crippen molar-refractivity contribution in [2.75, 3.05) is 11.9 Å². The van der Waals surface area contributed by atoms with Crippen LogP contribution in [0.1, 0.15) is 12.7 Å². The van der Waals surface area contributed by atoms with Gasteiger partial charge in [-0.15, -0.1) is 0 Å². The summed E-state index contributed by atoms with van der Waals surface area (Å²) in [6, 6.07) is 20.7. The highest BCUT2D eigenvalue weighted by atomic mass is 16.2. The van der Waals surface area contributed by atoms with E-state index in [1.807, 2.05) is 55.5 Å². The van der Waals surface area contributed by atoms with Gasteiger partial charge in [0.25, 0.3) is 5.56 Å². The minimum atomic E-state index is -0.242. The predicted octanol–water partition coefficient (Wildman–Crippen LogP) is 4.13. The number of aromatic amines is 1. The number of benzene rings is 3. The average molecular weight is 372 g/mol. The first-order valence-corrected chi connectivity index (χ1v) is 9.16. The van der Waals surface area contributed by atoms with Crippen LogP contribution in [-0.2, 0) is 6.54 Å². The zero-order chi connectivity index (χ0) is 19.5. The van der Waals surface area contributed by atoms with Crippen LogP contribution in [0.5, 0.6) is 0 Å². The van der Waals surface area contributed by atoms with Crippen molar-refractivity contribution in [2.24, 2.45) is 0 Å². The van der Waals surface area contributed by atoms with Crippen molar-refractivity contribution in [3.8, 4) is 0 Å². The number of amides is 2. The van der Waals surface area contributed by atoms with Gasteiger partial charge in [0.2, 0.25) is 0 Å². The summed E-state index contributed by atoms with van der Waals surface area (Å²) >= 11 is 0. The van der Waals surface area contributed by atoms with E-state index in [0.29, 0.717) is 23.3 Å². The number of carbonyl (C=O) groups is 1. The van der Waals surface area contributed by atoms with Crippen molar-refractivity contribution >= 4 is 33.4 Å². The smallest absolute Gasteiger partial charge is 0.317 e. The van der Waals surface area contributed by atoms with Crippen LogP contribution in [0.25, 0.3) is 21.7 Å². The number of urea groups is 1. The van der Waals surface area contributed by atoms with E-state index in [4.69, 9.17) is 0 Å². The van der Waals surface area contributed by atoms with Crippen molar-refractivity contribution in [1.29, 1.82) is 0 Å². The van der Waals surface area contributed by atoms with Gasteiger partial charge in [0.1, 0.15) is 5.82 Å². The van der Waals surface area contributed by atoms with E-state index in [-0.39, 0.29) is 18.1 Å². The summed E-state index contributed by atoms with van der Waals surface area (Å²) < 4.78 is 0. The lowest BCUT2D eigenvalue weighted by Crippen LogP contribution is -2.35. The molecule has 0 aliphatic rings. The van der Waals surface area contributed by atoms with Crippen molar-refractivity contribution < 1.29 is 4.79 Å². The molecule has 2 amide bonds. The van der Waals surface area contributed by atoms with Crippen LogP contribution in [0.2, 0.25) is 0 Å². The summed E-state index contributed by atoms with van der Waals surface area (Å²) in [5, 5.41) is 5.64. The molecule has 1 aromatic heterocycles. The second kappa shape index (κ2) is 7.52. The largest absolute Gasteiger partial charge is 0.322 e. The molecule has 0 saturated carbocycles. The normalized spacial score (nSPS) is 10.9. The first-order valence-electron chi connectivity index (χ1n) is 9.16. The average Bonchev–Trinajstić information content (AvgIpc) is 2.72. The van der Waals surface area contributed by atoms with Crippen molar-refractivity contribution in [1.82, 2.24) is 14.9 Å². The molecule has 28 heavy (non-hydrogen) atoms. The minimum absolute atomic E-state index is 0.202. The molecule has 0 aliphatic heterocycles. The number of aromatic nitrogens is 2. The van der Waals surface area contributed by atoms with E-state index >= 15 is 0 Å². The molecule has 0 atom stereocenters. The number of para-hydroxylation sites is 1. The van der Waals surface area contributed by atoms with Crippen molar-refractivity contribution in [2.45, 2.75) is 13.5 Å². The van der Waals surface area contributed by atoms with E-state index in [0.717, 1.165) is 16.5 Å². The maximum absolute atomic E-state index is 12.7. The zero-order valence-corrected chi connectivity index (χ0v) is 15.5. The lowest BCUT2D eigenvalue weighted by Gasteiger charge is -2.21. The Bertz CT molecular complexity index is 1220. The predicted molar refractivity (Wildman–Crippen MR) is 111 cm³/mol. The Hall–Kier alpha value is -3.67. The van der Waals surface area contributed by atoms with E-state index in [1.165, 1.54) is 0 Å². The second-order valence-electron chi connectivity index (χ2n) is 6.54. The fourth-order valence-electron chi connectivity index (χ4n) is 3.19. The van der Waals surface area contributed by atoms with E-state index in [1.54, 1.807) is 23.1 Å². The molecule has 3 aromatic carbocycles. The molecule has 4 aromatic rings. The quantitative estimate of drug-likeness (QED) is 0.565. The minimum Gasteiger partial charge on any atom is -0.317 e. The Morgan fingerprint density at radius 1 is 1.04 bits per heavy atom. The molecule has 0 radical (unpaired) electrons. The van der Waals surface area contributed by atoms with Gasteiger partial charge in [-0.2, -0.15) is 0 Å². The number of hydrogen-bond donors (Lipinski definition) is 2. The standard InChI is InChI=1S/C22H20N4O2/c1-2-26(14-20-24-19-10-6-5-9-18(19)21(27)25-20)22(28)23-17-12-11-15-7-3-4-8-16(15)13-17/h3-13H,2,14H2,1H3,(H,23,28)(H,24,25,27). The maximum atomic E-state index is 12.7. The number of rotatable bonds is 4. The van der Waals surface area contributed by atoms with Gasteiger partial charge in [0.15, 0.2) is 0 Å². The molecule has 6 nitrogen and oxygen atoms in total. The van der Waals surface area contributed by atoms with E-state index in [2.05, 4.69) is 15.3 Å². The molecule has 0 unspecified atom stereocenters. The van der Waals surface area contributed by atoms with E-state index < -0.39 is 0 Å². The number of hydrogen-bond acceptors (Lipinski definition) is 3. The molecular formula is C22H20N4O2. The molecule has 0 saturated heterocycles. The molecule has 0 aliphatic carbocycles. The number of nitrogens with zero attached hydrogens (tertiary/aromatic N) is 2. The molecule has 0 spiro atoms. The van der Waals surface area contributed by atoms with E-state index in [9.17, 15) is 9.59 Å². The van der Waals surface area contributed by atoms with Crippen LogP contribution < -0.4 is 10.9 Å². The van der Waals surface area contributed by atoms with Gasteiger partial charge in [-0.1, -0.05) is 42.5 Å². The molecule has 0 bridgehead atoms. The van der Waals surface area contributed by atoms with Gasteiger partial charge in [0.05, 0.1) is 17.4 Å². The highest BCUT2D eigenvalue weighted by molar-refractivity contribution is 5.93. The van der Waals surface area contributed by atoms with Crippen LogP contribution in [0.15, 0.2) is 71.5 Å². The third-order valence-electron chi connectivity index (χ3n) is 4.67. The highest BCUT2D eigenvalue weighted by Crippen LogP contribution is 2.19. The number of carbonyl (C=O) groups excluding carboxylic acids is 1. The van der Waals surface area contributed by atoms with Crippen molar-refractivity contribution in [3.05, 3.63) is 82.9 Å². The third kappa shape index (κ3) is 3.57. The summed E-state index contributed by atoms with van der Waals surface area (Å²) in [5.41, 5.74) is 1.14. The van der Waals surface area contributed by atoms with Gasteiger partial charge in [-0.25, -0.2) is 9.78 Å². The lowest BCUT2D eigenvalue weighted by atomic mass is 10.1. The van der Waals surface area contributed by atoms with Gasteiger partial charge >= 0.3 is 6.03 Å². The Balaban J connectivity index is 1.54. The van der Waals surface area contributed by atoms with Crippen LogP contribution in [0.4, 0.5) is 10.5 Å². The van der Waals surface area contributed by atoms with Crippen LogP contribution in [-0.4, -0.2) is 27.4 Å². The maximum Gasteiger partial charge on any atom is 0.322 e. The highest BCUT2D eigenvalue weighted by Gasteiger charge is 2.14. The second-order valence-corrected chi connectivity index (χ2v) is 6.54. The number of nitrogens with one attached hydrogen (secondary N) is 2.